The first-order valence-corrected chi connectivity index (χ1v) is 5.16. The van der Waals surface area contributed by atoms with Crippen LogP contribution in [0, 0.1) is 11.6 Å². The third-order valence-corrected chi connectivity index (χ3v) is 2.28. The Kier molecular flexibility index (Phi) is 3.59. The molecule has 0 atom stereocenters. The summed E-state index contributed by atoms with van der Waals surface area (Å²) in [5.41, 5.74) is -0.273. The Balaban J connectivity index is 2.34. The number of rotatable bonds is 3. The molecule has 2 rings (SSSR count). The number of hydrogen-bond donors (Lipinski definition) is 2. The van der Waals surface area contributed by atoms with Crippen LogP contribution in [0.5, 0.6) is 11.5 Å². The Hall–Kier alpha value is -1.92. The number of hydrogen-bond acceptors (Lipinski definition) is 3. The summed E-state index contributed by atoms with van der Waals surface area (Å²) in [6.07, 6.45) is 0. The van der Waals surface area contributed by atoms with E-state index in [4.69, 9.17) is 14.8 Å². The highest BCUT2D eigenvalue weighted by Gasteiger charge is 2.19. The molecule has 0 aliphatic carbocycles. The Morgan fingerprint density at radius 3 is 2.00 bits per heavy atom. The first-order valence-electron chi connectivity index (χ1n) is 5.16. The van der Waals surface area contributed by atoms with Gasteiger partial charge in [0, 0.05) is 0 Å². The van der Waals surface area contributed by atoms with Crippen LogP contribution in [0.4, 0.5) is 8.78 Å². The average molecular weight is 250 g/mol. The second-order valence-electron chi connectivity index (χ2n) is 3.60. The first kappa shape index (κ1) is 12.5. The molecule has 0 saturated heterocycles. The zero-order valence-electron chi connectivity index (χ0n) is 9.18. The van der Waals surface area contributed by atoms with Crippen molar-refractivity contribution in [2.24, 2.45) is 0 Å². The van der Waals surface area contributed by atoms with E-state index in [2.05, 4.69) is 0 Å². The molecule has 0 aromatic heterocycles. The minimum absolute atomic E-state index is 0.273. The average Bonchev–Trinajstić information content (AvgIpc) is 2.34. The van der Waals surface area contributed by atoms with Gasteiger partial charge >= 0.3 is 7.12 Å². The van der Waals surface area contributed by atoms with E-state index in [9.17, 15) is 8.78 Å². The summed E-state index contributed by atoms with van der Waals surface area (Å²) >= 11 is 0. The van der Waals surface area contributed by atoms with Crippen LogP contribution in [0.1, 0.15) is 0 Å². The largest absolute Gasteiger partial charge is 0.488 e. The van der Waals surface area contributed by atoms with Gasteiger partial charge in [-0.05, 0) is 29.7 Å². The molecule has 0 spiro atoms. The van der Waals surface area contributed by atoms with Gasteiger partial charge in [0.15, 0.2) is 17.4 Å². The van der Waals surface area contributed by atoms with Crippen molar-refractivity contribution in [3.63, 3.8) is 0 Å². The normalized spacial score (nSPS) is 10.2. The van der Waals surface area contributed by atoms with Gasteiger partial charge in [-0.3, -0.25) is 0 Å². The van der Waals surface area contributed by atoms with E-state index in [0.29, 0.717) is 0 Å². The standard InChI is InChI=1S/C12H9BF2O3/c14-10-6-8(13(16)17)7-11(15)12(10)18-9-4-2-1-3-5-9/h1-7,16-17H. The molecule has 0 aliphatic heterocycles. The molecular weight excluding hydrogens is 241 g/mol. The van der Waals surface area contributed by atoms with Gasteiger partial charge in [-0.15, -0.1) is 0 Å². The maximum absolute atomic E-state index is 13.6. The van der Waals surface area contributed by atoms with Gasteiger partial charge < -0.3 is 14.8 Å². The summed E-state index contributed by atoms with van der Waals surface area (Å²) in [7, 11) is -1.93. The van der Waals surface area contributed by atoms with E-state index in [0.717, 1.165) is 12.1 Å². The van der Waals surface area contributed by atoms with Crippen molar-refractivity contribution in [1.82, 2.24) is 0 Å². The maximum Gasteiger partial charge on any atom is 0.488 e. The summed E-state index contributed by atoms with van der Waals surface area (Å²) in [6.45, 7) is 0. The fraction of sp³-hybridized carbons (Fsp3) is 0. The van der Waals surface area contributed by atoms with Crippen LogP contribution in [0.2, 0.25) is 0 Å². The molecule has 0 saturated carbocycles. The van der Waals surface area contributed by atoms with E-state index >= 15 is 0 Å². The molecule has 6 heteroatoms. The van der Waals surface area contributed by atoms with Gasteiger partial charge in [-0.1, -0.05) is 18.2 Å². The van der Waals surface area contributed by atoms with E-state index < -0.39 is 24.5 Å². The molecule has 0 radical (unpaired) electrons. The lowest BCUT2D eigenvalue weighted by Crippen LogP contribution is -2.30. The van der Waals surface area contributed by atoms with Crippen LogP contribution in [-0.2, 0) is 0 Å². The highest BCUT2D eigenvalue weighted by atomic mass is 19.1. The third-order valence-electron chi connectivity index (χ3n) is 2.28. The van der Waals surface area contributed by atoms with Crippen molar-refractivity contribution in [3.8, 4) is 11.5 Å². The van der Waals surface area contributed by atoms with Crippen molar-refractivity contribution in [3.05, 3.63) is 54.1 Å². The highest BCUT2D eigenvalue weighted by molar-refractivity contribution is 6.58. The van der Waals surface area contributed by atoms with Crippen LogP contribution >= 0.6 is 0 Å². The molecule has 92 valence electrons. The topological polar surface area (TPSA) is 49.7 Å². The van der Waals surface area contributed by atoms with Crippen molar-refractivity contribution < 1.29 is 23.6 Å². The zero-order chi connectivity index (χ0) is 13.1. The third kappa shape index (κ3) is 2.66. The fourth-order valence-corrected chi connectivity index (χ4v) is 1.43. The Labute approximate surface area is 102 Å². The van der Waals surface area contributed by atoms with Gasteiger partial charge in [0.2, 0.25) is 0 Å². The van der Waals surface area contributed by atoms with Gasteiger partial charge in [0.05, 0.1) is 0 Å². The van der Waals surface area contributed by atoms with Crippen LogP contribution < -0.4 is 10.2 Å². The summed E-state index contributed by atoms with van der Waals surface area (Å²) in [4.78, 5) is 0. The van der Waals surface area contributed by atoms with E-state index in [-0.39, 0.29) is 11.2 Å². The summed E-state index contributed by atoms with van der Waals surface area (Å²) < 4.78 is 32.2. The van der Waals surface area contributed by atoms with Gasteiger partial charge in [0.25, 0.3) is 0 Å². The lowest BCUT2D eigenvalue weighted by atomic mass is 9.80. The Bertz CT molecular complexity index is 523. The molecule has 2 aromatic rings. The molecule has 2 N–H and O–H groups in total. The van der Waals surface area contributed by atoms with Crippen molar-refractivity contribution in [2.45, 2.75) is 0 Å². The smallest absolute Gasteiger partial charge is 0.451 e. The monoisotopic (exact) mass is 250 g/mol. The second kappa shape index (κ2) is 5.16. The molecule has 2 aromatic carbocycles. The zero-order valence-corrected chi connectivity index (χ0v) is 9.18. The predicted molar refractivity (Wildman–Crippen MR) is 62.7 cm³/mol. The first-order chi connectivity index (χ1) is 8.58. The molecule has 0 aliphatic rings. The Morgan fingerprint density at radius 1 is 0.944 bits per heavy atom. The number of halogens is 2. The van der Waals surface area contributed by atoms with Gasteiger partial charge in [-0.2, -0.15) is 0 Å². The molecule has 0 heterocycles. The second-order valence-corrected chi connectivity index (χ2v) is 3.60. The Morgan fingerprint density at radius 2 is 1.50 bits per heavy atom. The van der Waals surface area contributed by atoms with Crippen LogP contribution in [0.3, 0.4) is 0 Å². The lowest BCUT2D eigenvalue weighted by Gasteiger charge is -2.09. The molecule has 0 bridgehead atoms. The highest BCUT2D eigenvalue weighted by Crippen LogP contribution is 2.26. The van der Waals surface area contributed by atoms with Gasteiger partial charge in [-0.25, -0.2) is 8.78 Å². The summed E-state index contributed by atoms with van der Waals surface area (Å²) in [5.74, 6) is -2.29. The minimum Gasteiger partial charge on any atom is -0.451 e. The van der Waals surface area contributed by atoms with Gasteiger partial charge in [0.1, 0.15) is 5.75 Å². The van der Waals surface area contributed by atoms with E-state index in [1.807, 2.05) is 0 Å². The predicted octanol–water partition coefficient (Wildman–Crippen LogP) is 1.44. The molecule has 0 unspecified atom stereocenters. The van der Waals surface area contributed by atoms with Crippen LogP contribution in [-0.4, -0.2) is 17.2 Å². The number of ether oxygens (including phenoxy) is 1. The summed E-state index contributed by atoms with van der Waals surface area (Å²) in [5, 5.41) is 17.7. The number of para-hydroxylation sites is 1. The van der Waals surface area contributed by atoms with E-state index in [1.165, 1.54) is 0 Å². The number of benzene rings is 2. The van der Waals surface area contributed by atoms with Crippen molar-refractivity contribution >= 4 is 12.6 Å². The van der Waals surface area contributed by atoms with E-state index in [1.54, 1.807) is 30.3 Å². The van der Waals surface area contributed by atoms with Crippen molar-refractivity contribution in [1.29, 1.82) is 0 Å². The lowest BCUT2D eigenvalue weighted by molar-refractivity contribution is 0.405. The van der Waals surface area contributed by atoms with Crippen LogP contribution in [0.25, 0.3) is 0 Å². The molecular formula is C12H9BF2O3. The maximum atomic E-state index is 13.6. The minimum atomic E-state index is -1.93. The summed E-state index contributed by atoms with van der Waals surface area (Å²) in [6, 6.07) is 9.79. The molecule has 18 heavy (non-hydrogen) atoms. The SMILES string of the molecule is OB(O)c1cc(F)c(Oc2ccccc2)c(F)c1. The van der Waals surface area contributed by atoms with Crippen LogP contribution in [0.15, 0.2) is 42.5 Å². The fourth-order valence-electron chi connectivity index (χ4n) is 1.43. The van der Waals surface area contributed by atoms with Crippen molar-refractivity contribution in [2.75, 3.05) is 0 Å². The molecule has 3 nitrogen and oxygen atoms in total. The quantitative estimate of drug-likeness (QED) is 0.810. The molecule has 0 amide bonds. The molecule has 0 fully saturated rings.